The fourth-order valence-corrected chi connectivity index (χ4v) is 5.98. The number of nitrogens with two attached hydrogens (primary N) is 3. The zero-order chi connectivity index (χ0) is 41.0. The number of unbranched alkanes of at least 4 members (excludes halogenated alkanes) is 2. The Bertz CT molecular complexity index is 1640. The summed E-state index contributed by atoms with van der Waals surface area (Å²) in [6.07, 6.45) is 5.57. The topological polar surface area (TPSA) is 290 Å². The van der Waals surface area contributed by atoms with Gasteiger partial charge in [0.05, 0.1) is 13.2 Å². The van der Waals surface area contributed by atoms with Gasteiger partial charge in [-0.05, 0) is 99.8 Å². The number of methoxy groups -OCH3 is 1. The number of phenolic OH excluding ortho intramolecular Hbond substituents is 1. The molecule has 6 atom stereocenters. The van der Waals surface area contributed by atoms with Crippen molar-refractivity contribution in [2.45, 2.75) is 100 Å². The van der Waals surface area contributed by atoms with Gasteiger partial charge in [-0.1, -0.05) is 36.4 Å². The molecule has 17 heteroatoms. The number of aromatic hydroxyl groups is 1. The Hall–Kier alpha value is -5.52. The largest absolute Gasteiger partial charge is 0.508 e. The van der Waals surface area contributed by atoms with Crippen LogP contribution >= 0.6 is 0 Å². The number of hydrogen-bond donors (Lipinski definition) is 10. The highest BCUT2D eigenvalue weighted by Gasteiger charge is 2.33. The minimum Gasteiger partial charge on any atom is -0.508 e. The van der Waals surface area contributed by atoms with E-state index in [2.05, 4.69) is 26.6 Å². The Morgan fingerprint density at radius 3 is 1.82 bits per heavy atom. The lowest BCUT2D eigenvalue weighted by Crippen LogP contribution is -2.59. The lowest BCUT2D eigenvalue weighted by molar-refractivity contribution is -0.142. The molecule has 2 aromatic carbocycles. The molecule has 0 aromatic heterocycles. The first-order chi connectivity index (χ1) is 26.8. The summed E-state index contributed by atoms with van der Waals surface area (Å²) in [5.74, 6) is -4.17. The lowest BCUT2D eigenvalue weighted by Gasteiger charge is -2.27. The first-order valence-corrected chi connectivity index (χ1v) is 18.8. The number of benzene rings is 2. The number of carboxylic acid groups (broad SMARTS) is 1. The van der Waals surface area contributed by atoms with E-state index in [9.17, 15) is 39.0 Å². The van der Waals surface area contributed by atoms with Gasteiger partial charge >= 0.3 is 5.97 Å². The third kappa shape index (κ3) is 15.0. The van der Waals surface area contributed by atoms with Crippen LogP contribution in [0.3, 0.4) is 0 Å². The quantitative estimate of drug-likeness (QED) is 0.0685. The van der Waals surface area contributed by atoms with E-state index in [4.69, 9.17) is 21.9 Å². The van der Waals surface area contributed by atoms with Crippen LogP contribution in [0.2, 0.25) is 0 Å². The molecule has 1 aliphatic heterocycles. The van der Waals surface area contributed by atoms with E-state index >= 15 is 0 Å². The van der Waals surface area contributed by atoms with Crippen molar-refractivity contribution in [3.05, 3.63) is 71.8 Å². The summed E-state index contributed by atoms with van der Waals surface area (Å²) >= 11 is 0. The number of aliphatic carboxylic acids is 1. The van der Waals surface area contributed by atoms with Crippen molar-refractivity contribution in [3.8, 4) is 11.5 Å². The Morgan fingerprint density at radius 2 is 1.27 bits per heavy atom. The Labute approximate surface area is 326 Å². The fourth-order valence-electron chi connectivity index (χ4n) is 5.98. The summed E-state index contributed by atoms with van der Waals surface area (Å²) in [5, 5.41) is 33.2. The number of phenols is 1. The number of carbonyl (C=O) groups is 6. The van der Waals surface area contributed by atoms with Crippen LogP contribution in [-0.2, 0) is 41.6 Å². The number of rotatable bonds is 18. The molecule has 0 radical (unpaired) electrons. The first kappa shape index (κ1) is 44.9. The van der Waals surface area contributed by atoms with Gasteiger partial charge in [0.15, 0.2) is 0 Å². The predicted octanol–water partition coefficient (Wildman–Crippen LogP) is -0.370. The molecule has 0 aliphatic carbocycles. The van der Waals surface area contributed by atoms with Gasteiger partial charge in [0.1, 0.15) is 41.7 Å². The van der Waals surface area contributed by atoms with Crippen molar-refractivity contribution >= 4 is 35.5 Å². The smallest absolute Gasteiger partial charge is 0.326 e. The van der Waals surface area contributed by atoms with Gasteiger partial charge in [-0.3, -0.25) is 24.0 Å². The zero-order valence-electron chi connectivity index (χ0n) is 31.7. The van der Waals surface area contributed by atoms with Crippen molar-refractivity contribution in [3.63, 3.8) is 0 Å². The third-order valence-corrected chi connectivity index (χ3v) is 9.28. The van der Waals surface area contributed by atoms with Gasteiger partial charge in [-0.2, -0.15) is 0 Å². The molecule has 0 fully saturated rings. The number of amides is 5. The van der Waals surface area contributed by atoms with Gasteiger partial charge < -0.3 is 58.7 Å². The molecular formula is C39H56N8O9. The number of nitrogens with one attached hydrogen (secondary N) is 5. The molecule has 5 amide bonds. The van der Waals surface area contributed by atoms with E-state index in [-0.39, 0.29) is 44.3 Å². The SMILES string of the molecule is COc1ccc(C[C@H](NC(=O)[C@H](Cc2ccc(O)cc2)NC(=O)[C@@H]2C/C=C/C[C@H](N)C(=O)N[C@@H](CCCCN)C(=O)N[C@@H](CCCCN)C(=O)N2)C(=O)O)cc1. The van der Waals surface area contributed by atoms with E-state index < -0.39 is 71.8 Å². The van der Waals surface area contributed by atoms with Crippen LogP contribution in [0.5, 0.6) is 11.5 Å². The van der Waals surface area contributed by atoms with Gasteiger partial charge in [0, 0.05) is 12.8 Å². The van der Waals surface area contributed by atoms with E-state index in [0.29, 0.717) is 55.6 Å². The zero-order valence-corrected chi connectivity index (χ0v) is 31.7. The molecule has 2 aromatic rings. The molecule has 56 heavy (non-hydrogen) atoms. The van der Waals surface area contributed by atoms with Crippen molar-refractivity contribution in [2.75, 3.05) is 20.2 Å². The Morgan fingerprint density at radius 1 is 0.750 bits per heavy atom. The summed E-state index contributed by atoms with van der Waals surface area (Å²) < 4.78 is 5.17. The summed E-state index contributed by atoms with van der Waals surface area (Å²) in [7, 11) is 1.50. The molecule has 13 N–H and O–H groups in total. The highest BCUT2D eigenvalue weighted by molar-refractivity contribution is 5.96. The maximum Gasteiger partial charge on any atom is 0.326 e. The fraction of sp³-hybridized carbons (Fsp3) is 0.487. The monoisotopic (exact) mass is 780 g/mol. The normalized spacial score (nSPS) is 20.9. The standard InChI is InChI=1S/C39H56N8O9/c1-56-27-18-14-25(15-19-27)23-33(39(54)55)47-38(53)32(22-24-12-16-26(48)17-13-24)46-37(52)30-9-3-2-8-28(42)34(49)43-29(10-4-6-20-40)35(50)45-31(36(51)44-30)11-5-7-21-41/h2-3,12-19,28-33,48H,4-11,20-23,40-42H2,1H3,(H,43,49)(H,44,51)(H,45,50)(H,46,52)(H,47,53)(H,54,55)/b3-2+/t28-,29-,30-,31-,32-,33-/m0/s1. The van der Waals surface area contributed by atoms with Gasteiger partial charge in [0.2, 0.25) is 29.5 Å². The van der Waals surface area contributed by atoms with Crippen LogP contribution in [-0.4, -0.2) is 102 Å². The van der Waals surface area contributed by atoms with Crippen LogP contribution < -0.4 is 48.5 Å². The van der Waals surface area contributed by atoms with E-state index in [1.807, 2.05) is 0 Å². The van der Waals surface area contributed by atoms with Gasteiger partial charge in [-0.25, -0.2) is 4.79 Å². The second kappa shape index (κ2) is 23.4. The molecule has 0 saturated heterocycles. The average molecular weight is 781 g/mol. The molecule has 306 valence electrons. The molecule has 1 aliphatic rings. The van der Waals surface area contributed by atoms with Gasteiger partial charge in [0.25, 0.3) is 0 Å². The van der Waals surface area contributed by atoms with E-state index in [1.54, 1.807) is 48.6 Å². The molecule has 3 rings (SSSR count). The number of carbonyl (C=O) groups excluding carboxylic acids is 5. The summed E-state index contributed by atoms with van der Waals surface area (Å²) in [6.45, 7) is 0.739. The Balaban J connectivity index is 1.92. The summed E-state index contributed by atoms with van der Waals surface area (Å²) in [4.78, 5) is 80.5. The summed E-state index contributed by atoms with van der Waals surface area (Å²) in [5.41, 5.74) is 18.6. The molecule has 0 saturated carbocycles. The number of ether oxygens (including phenoxy) is 1. The third-order valence-electron chi connectivity index (χ3n) is 9.28. The van der Waals surface area contributed by atoms with Crippen molar-refractivity contribution in [1.82, 2.24) is 26.6 Å². The molecule has 0 spiro atoms. The number of hydrogen-bond acceptors (Lipinski definition) is 11. The van der Waals surface area contributed by atoms with Crippen LogP contribution in [0.25, 0.3) is 0 Å². The average Bonchev–Trinajstić information content (AvgIpc) is 3.18. The molecule has 0 bridgehead atoms. The highest BCUT2D eigenvalue weighted by atomic mass is 16.5. The van der Waals surface area contributed by atoms with E-state index in [1.165, 1.54) is 19.2 Å². The van der Waals surface area contributed by atoms with Crippen molar-refractivity contribution in [2.24, 2.45) is 17.2 Å². The van der Waals surface area contributed by atoms with Crippen molar-refractivity contribution < 1.29 is 43.7 Å². The number of carboxylic acids is 1. The minimum absolute atomic E-state index is 0.0226. The molecule has 1 heterocycles. The van der Waals surface area contributed by atoms with Crippen LogP contribution in [0.15, 0.2) is 60.7 Å². The van der Waals surface area contributed by atoms with Crippen molar-refractivity contribution in [1.29, 1.82) is 0 Å². The van der Waals surface area contributed by atoms with Crippen LogP contribution in [0, 0.1) is 0 Å². The summed E-state index contributed by atoms with van der Waals surface area (Å²) in [6, 6.07) is 5.51. The predicted molar refractivity (Wildman–Crippen MR) is 208 cm³/mol. The van der Waals surface area contributed by atoms with E-state index in [0.717, 1.165) is 0 Å². The molecule has 17 nitrogen and oxygen atoms in total. The minimum atomic E-state index is -1.37. The molecule has 0 unspecified atom stereocenters. The van der Waals surface area contributed by atoms with Gasteiger partial charge in [-0.15, -0.1) is 0 Å². The van der Waals surface area contributed by atoms with Crippen LogP contribution in [0.1, 0.15) is 62.5 Å². The lowest BCUT2D eigenvalue weighted by atomic mass is 10.0. The maximum absolute atomic E-state index is 14.0. The first-order valence-electron chi connectivity index (χ1n) is 18.8. The highest BCUT2D eigenvalue weighted by Crippen LogP contribution is 2.15. The second-order valence-corrected chi connectivity index (χ2v) is 13.7. The molecular weight excluding hydrogens is 724 g/mol. The second-order valence-electron chi connectivity index (χ2n) is 13.7. The maximum atomic E-state index is 14.0. The van der Waals surface area contributed by atoms with Crippen LogP contribution in [0.4, 0.5) is 0 Å². The Kier molecular flexibility index (Phi) is 18.8.